The van der Waals surface area contributed by atoms with Crippen LogP contribution in [0.3, 0.4) is 0 Å². The van der Waals surface area contributed by atoms with Crippen LogP contribution in [0.4, 0.5) is 5.69 Å². The molecule has 3 rings (SSSR count). The monoisotopic (exact) mass is 316 g/mol. The van der Waals surface area contributed by atoms with Crippen molar-refractivity contribution in [3.8, 4) is 5.75 Å². The average Bonchev–Trinajstić information content (AvgIpc) is 3.01. The van der Waals surface area contributed by atoms with Crippen LogP contribution in [-0.2, 0) is 0 Å². The van der Waals surface area contributed by atoms with Gasteiger partial charge < -0.3 is 14.5 Å². The van der Waals surface area contributed by atoms with Crippen LogP contribution in [0.1, 0.15) is 51.9 Å². The molecular formula is C20H32N2O. The smallest absolute Gasteiger partial charge is 0.161 e. The molecule has 0 bridgehead atoms. The Labute approximate surface area is 141 Å². The van der Waals surface area contributed by atoms with Crippen LogP contribution >= 0.6 is 0 Å². The van der Waals surface area contributed by atoms with Gasteiger partial charge >= 0.3 is 0 Å². The van der Waals surface area contributed by atoms with E-state index in [-0.39, 0.29) is 0 Å². The van der Waals surface area contributed by atoms with Crippen LogP contribution in [0.25, 0.3) is 0 Å². The highest BCUT2D eigenvalue weighted by atomic mass is 16.5. The molecular weight excluding hydrogens is 284 g/mol. The highest BCUT2D eigenvalue weighted by molar-refractivity contribution is 5.60. The summed E-state index contributed by atoms with van der Waals surface area (Å²) in [5, 5.41) is 0. The fourth-order valence-electron chi connectivity index (χ4n) is 3.87. The first-order valence-electron chi connectivity index (χ1n) is 9.56. The lowest BCUT2D eigenvalue weighted by atomic mass is 9.91. The molecule has 2 aliphatic rings. The average molecular weight is 316 g/mol. The Hall–Kier alpha value is -1.22. The molecule has 0 aromatic heterocycles. The maximum absolute atomic E-state index is 5.72. The first-order valence-corrected chi connectivity index (χ1v) is 9.56. The van der Waals surface area contributed by atoms with E-state index in [0.29, 0.717) is 0 Å². The molecule has 3 nitrogen and oxygen atoms in total. The van der Waals surface area contributed by atoms with Crippen LogP contribution in [-0.4, -0.2) is 37.8 Å². The zero-order valence-corrected chi connectivity index (χ0v) is 14.7. The van der Waals surface area contributed by atoms with Gasteiger partial charge in [-0.2, -0.15) is 0 Å². The number of para-hydroxylation sites is 2. The van der Waals surface area contributed by atoms with Gasteiger partial charge in [-0.15, -0.1) is 0 Å². The van der Waals surface area contributed by atoms with Crippen molar-refractivity contribution in [3.05, 3.63) is 24.3 Å². The topological polar surface area (TPSA) is 15.7 Å². The Morgan fingerprint density at radius 1 is 1.04 bits per heavy atom. The van der Waals surface area contributed by atoms with Gasteiger partial charge in [0, 0.05) is 6.54 Å². The molecule has 1 saturated heterocycles. The van der Waals surface area contributed by atoms with Crippen molar-refractivity contribution >= 4 is 5.69 Å². The number of ether oxygens (including phenoxy) is 1. The molecule has 0 unspecified atom stereocenters. The number of fused-ring (bicyclic) bond motifs is 1. The Morgan fingerprint density at radius 3 is 2.65 bits per heavy atom. The second-order valence-corrected chi connectivity index (χ2v) is 7.14. The molecule has 0 N–H and O–H groups in total. The minimum Gasteiger partial charge on any atom is -0.471 e. The summed E-state index contributed by atoms with van der Waals surface area (Å²) in [6.07, 6.45) is 9.64. The highest BCUT2D eigenvalue weighted by Crippen LogP contribution is 2.33. The maximum atomic E-state index is 5.72. The van der Waals surface area contributed by atoms with Crippen LogP contribution in [0.15, 0.2) is 24.3 Å². The molecule has 3 heteroatoms. The fourth-order valence-corrected chi connectivity index (χ4v) is 3.87. The summed E-state index contributed by atoms with van der Waals surface area (Å²) in [6, 6.07) is 8.39. The van der Waals surface area contributed by atoms with Crippen molar-refractivity contribution in [2.45, 2.75) is 51.9 Å². The third-order valence-electron chi connectivity index (χ3n) is 5.41. The molecule has 2 heterocycles. The molecule has 0 aliphatic carbocycles. The van der Waals surface area contributed by atoms with E-state index in [4.69, 9.17) is 4.74 Å². The number of hydrogen-bond donors (Lipinski definition) is 0. The van der Waals surface area contributed by atoms with E-state index in [2.05, 4.69) is 34.9 Å². The molecule has 0 amide bonds. The van der Waals surface area contributed by atoms with E-state index in [1.54, 1.807) is 0 Å². The molecule has 0 saturated carbocycles. The lowest BCUT2D eigenvalue weighted by Crippen LogP contribution is -2.34. The number of benzene rings is 1. The summed E-state index contributed by atoms with van der Waals surface area (Å²) in [7, 11) is 0. The minimum absolute atomic E-state index is 0.724. The van der Waals surface area contributed by atoms with E-state index >= 15 is 0 Å². The molecule has 23 heavy (non-hydrogen) atoms. The van der Waals surface area contributed by atoms with Gasteiger partial charge in [-0.25, -0.2) is 0 Å². The van der Waals surface area contributed by atoms with E-state index in [1.165, 1.54) is 70.3 Å². The zero-order chi connectivity index (χ0) is 15.9. The largest absolute Gasteiger partial charge is 0.471 e. The first kappa shape index (κ1) is 16.6. The predicted molar refractivity (Wildman–Crippen MR) is 97.2 cm³/mol. The predicted octanol–water partition coefficient (Wildman–Crippen LogP) is 4.53. The Kier molecular flexibility index (Phi) is 6.21. The van der Waals surface area contributed by atoms with E-state index in [1.807, 2.05) is 6.07 Å². The number of rotatable bonds is 8. The van der Waals surface area contributed by atoms with Gasteiger partial charge in [0.25, 0.3) is 0 Å². The molecule has 0 radical (unpaired) electrons. The van der Waals surface area contributed by atoms with E-state index in [9.17, 15) is 0 Å². The van der Waals surface area contributed by atoms with Crippen LogP contribution < -0.4 is 9.64 Å². The third-order valence-corrected chi connectivity index (χ3v) is 5.41. The standard InChI is InChI=1S/C20H32N2O/c1-2-3-8-18-11-15-21(16-12-18)13-6-7-14-22-17-23-20-10-5-4-9-19(20)22/h4-5,9-10,18H,2-3,6-8,11-17H2,1H3. The lowest BCUT2D eigenvalue weighted by molar-refractivity contribution is 0.175. The van der Waals surface area contributed by atoms with Crippen molar-refractivity contribution in [3.63, 3.8) is 0 Å². The SMILES string of the molecule is CCCCC1CCN(CCCCN2COc3ccccc32)CC1. The highest BCUT2D eigenvalue weighted by Gasteiger charge is 2.20. The quantitative estimate of drug-likeness (QED) is 0.656. The summed E-state index contributed by atoms with van der Waals surface area (Å²) in [4.78, 5) is 5.04. The third kappa shape index (κ3) is 4.63. The zero-order valence-electron chi connectivity index (χ0n) is 14.7. The summed E-state index contributed by atoms with van der Waals surface area (Å²) in [5.74, 6) is 2.05. The fraction of sp³-hybridized carbons (Fsp3) is 0.700. The van der Waals surface area contributed by atoms with E-state index < -0.39 is 0 Å². The summed E-state index contributed by atoms with van der Waals surface area (Å²) >= 11 is 0. The Balaban J connectivity index is 1.30. The van der Waals surface area contributed by atoms with Gasteiger partial charge in [0.2, 0.25) is 0 Å². The summed E-state index contributed by atoms with van der Waals surface area (Å²) in [5.41, 5.74) is 1.27. The normalized spacial score (nSPS) is 18.9. The van der Waals surface area contributed by atoms with Crippen molar-refractivity contribution < 1.29 is 4.74 Å². The number of piperidine rings is 1. The number of anilines is 1. The van der Waals surface area contributed by atoms with Gasteiger partial charge in [-0.1, -0.05) is 38.3 Å². The van der Waals surface area contributed by atoms with Crippen molar-refractivity contribution in [1.29, 1.82) is 0 Å². The maximum Gasteiger partial charge on any atom is 0.161 e. The first-order chi connectivity index (χ1) is 11.4. The van der Waals surface area contributed by atoms with Crippen molar-refractivity contribution in [2.24, 2.45) is 5.92 Å². The van der Waals surface area contributed by atoms with Crippen LogP contribution in [0.5, 0.6) is 5.75 Å². The number of likely N-dealkylation sites (tertiary alicyclic amines) is 1. The molecule has 1 aromatic carbocycles. The Morgan fingerprint density at radius 2 is 1.83 bits per heavy atom. The van der Waals surface area contributed by atoms with Gasteiger partial charge in [-0.3, -0.25) is 0 Å². The molecule has 1 aromatic rings. The van der Waals surface area contributed by atoms with Gasteiger partial charge in [0.1, 0.15) is 5.75 Å². The second kappa shape index (κ2) is 8.58. The Bertz CT molecular complexity index is 468. The summed E-state index contributed by atoms with van der Waals surface area (Å²) < 4.78 is 5.72. The molecule has 128 valence electrons. The number of unbranched alkanes of at least 4 members (excludes halogenated alkanes) is 2. The van der Waals surface area contributed by atoms with Gasteiger partial charge in [0.15, 0.2) is 6.73 Å². The molecule has 2 aliphatic heterocycles. The van der Waals surface area contributed by atoms with Gasteiger partial charge in [0.05, 0.1) is 5.69 Å². The van der Waals surface area contributed by atoms with Crippen LogP contribution in [0.2, 0.25) is 0 Å². The second-order valence-electron chi connectivity index (χ2n) is 7.14. The van der Waals surface area contributed by atoms with Crippen molar-refractivity contribution in [1.82, 2.24) is 4.90 Å². The van der Waals surface area contributed by atoms with Gasteiger partial charge in [-0.05, 0) is 63.4 Å². The van der Waals surface area contributed by atoms with Crippen molar-refractivity contribution in [2.75, 3.05) is 37.8 Å². The number of hydrogen-bond acceptors (Lipinski definition) is 3. The van der Waals surface area contributed by atoms with E-state index in [0.717, 1.165) is 24.9 Å². The minimum atomic E-state index is 0.724. The number of nitrogens with zero attached hydrogens (tertiary/aromatic N) is 2. The lowest BCUT2D eigenvalue weighted by Gasteiger charge is -2.32. The molecule has 0 spiro atoms. The summed E-state index contributed by atoms with van der Waals surface area (Å²) in [6.45, 7) is 8.07. The molecule has 1 fully saturated rings. The van der Waals surface area contributed by atoms with Crippen LogP contribution in [0, 0.1) is 5.92 Å². The molecule has 0 atom stereocenters.